The first-order valence-corrected chi connectivity index (χ1v) is 7.51. The molecule has 0 spiro atoms. The zero-order valence-electron chi connectivity index (χ0n) is 13.2. The highest BCUT2D eigenvalue weighted by atomic mass is 19.4. The molecule has 1 aromatic carbocycles. The molecule has 1 aliphatic heterocycles. The number of para-hydroxylation sites is 1. The summed E-state index contributed by atoms with van der Waals surface area (Å²) >= 11 is 0. The quantitative estimate of drug-likeness (QED) is 0.896. The van der Waals surface area contributed by atoms with Gasteiger partial charge in [0.05, 0.1) is 6.54 Å². The van der Waals surface area contributed by atoms with Crippen molar-refractivity contribution in [2.24, 2.45) is 0 Å². The van der Waals surface area contributed by atoms with Crippen LogP contribution >= 0.6 is 0 Å². The van der Waals surface area contributed by atoms with Crippen LogP contribution in [-0.4, -0.2) is 47.3 Å². The topological polar surface area (TPSA) is 52.6 Å². The van der Waals surface area contributed by atoms with Gasteiger partial charge in [0.1, 0.15) is 0 Å². The second kappa shape index (κ2) is 6.39. The molecule has 1 aliphatic rings. The van der Waals surface area contributed by atoms with Gasteiger partial charge in [-0.1, -0.05) is 18.2 Å². The van der Waals surface area contributed by atoms with E-state index in [-0.39, 0.29) is 25.5 Å². The van der Waals surface area contributed by atoms with Crippen molar-refractivity contribution in [2.75, 3.05) is 25.0 Å². The maximum absolute atomic E-state index is 12.7. The molecule has 1 amide bonds. The summed E-state index contributed by atoms with van der Waals surface area (Å²) in [6.45, 7) is 3.68. The number of anilines is 1. The Hall–Kier alpha value is -1.76. The number of benzene rings is 1. The monoisotopic (exact) mass is 330 g/mol. The number of aryl methyl sites for hydroxylation is 2. The number of halogens is 3. The Morgan fingerprint density at radius 2 is 1.78 bits per heavy atom. The first-order valence-electron chi connectivity index (χ1n) is 7.51. The summed E-state index contributed by atoms with van der Waals surface area (Å²) in [6, 6.07) is 5.76. The Morgan fingerprint density at radius 3 is 2.26 bits per heavy atom. The first kappa shape index (κ1) is 17.6. The van der Waals surface area contributed by atoms with Crippen molar-refractivity contribution in [1.82, 2.24) is 4.90 Å². The van der Waals surface area contributed by atoms with E-state index in [1.54, 1.807) is 0 Å². The number of carbonyl (C=O) groups is 1. The lowest BCUT2D eigenvalue weighted by Crippen LogP contribution is -2.55. The Labute approximate surface area is 133 Å². The third-order valence-corrected chi connectivity index (χ3v) is 4.37. The van der Waals surface area contributed by atoms with Crippen molar-refractivity contribution in [2.45, 2.75) is 38.5 Å². The van der Waals surface area contributed by atoms with E-state index in [2.05, 4.69) is 5.32 Å². The van der Waals surface area contributed by atoms with Crippen LogP contribution in [0.5, 0.6) is 0 Å². The summed E-state index contributed by atoms with van der Waals surface area (Å²) in [4.78, 5) is 13.5. The average molecular weight is 330 g/mol. The third-order valence-electron chi connectivity index (χ3n) is 4.37. The highest BCUT2D eigenvalue weighted by Gasteiger charge is 2.54. The van der Waals surface area contributed by atoms with Crippen LogP contribution in [0.2, 0.25) is 0 Å². The lowest BCUT2D eigenvalue weighted by molar-refractivity contribution is -0.272. The van der Waals surface area contributed by atoms with Crippen molar-refractivity contribution in [1.29, 1.82) is 0 Å². The predicted molar refractivity (Wildman–Crippen MR) is 81.2 cm³/mol. The second-order valence-electron chi connectivity index (χ2n) is 6.03. The fraction of sp³-hybridized carbons (Fsp3) is 0.562. The summed E-state index contributed by atoms with van der Waals surface area (Å²) in [6.07, 6.45) is -5.62. The summed E-state index contributed by atoms with van der Waals surface area (Å²) in [7, 11) is 0. The van der Waals surface area contributed by atoms with Crippen LogP contribution in [0.15, 0.2) is 18.2 Å². The summed E-state index contributed by atoms with van der Waals surface area (Å²) < 4.78 is 38.2. The number of hydrogen-bond acceptors (Lipinski definition) is 3. The van der Waals surface area contributed by atoms with Gasteiger partial charge in [0, 0.05) is 31.6 Å². The highest BCUT2D eigenvalue weighted by Crippen LogP contribution is 2.38. The molecule has 0 bridgehead atoms. The van der Waals surface area contributed by atoms with E-state index >= 15 is 0 Å². The van der Waals surface area contributed by atoms with Gasteiger partial charge in [-0.25, -0.2) is 0 Å². The number of carbonyl (C=O) groups excluding carboxylic acids is 1. The minimum absolute atomic E-state index is 0.0239. The van der Waals surface area contributed by atoms with E-state index in [1.807, 2.05) is 32.0 Å². The van der Waals surface area contributed by atoms with Crippen LogP contribution in [0.3, 0.4) is 0 Å². The molecular weight excluding hydrogens is 309 g/mol. The lowest BCUT2D eigenvalue weighted by atomic mass is 9.91. The Bertz CT molecular complexity index is 559. The van der Waals surface area contributed by atoms with E-state index in [0.29, 0.717) is 0 Å². The third kappa shape index (κ3) is 3.77. The number of aliphatic hydroxyl groups is 1. The molecule has 1 aromatic rings. The molecule has 23 heavy (non-hydrogen) atoms. The van der Waals surface area contributed by atoms with Crippen LogP contribution in [0.1, 0.15) is 24.0 Å². The molecule has 0 atom stereocenters. The number of piperidine rings is 1. The van der Waals surface area contributed by atoms with Gasteiger partial charge in [0.15, 0.2) is 5.60 Å². The number of amides is 1. The van der Waals surface area contributed by atoms with E-state index in [9.17, 15) is 23.1 Å². The molecule has 4 nitrogen and oxygen atoms in total. The van der Waals surface area contributed by atoms with Gasteiger partial charge in [-0.15, -0.1) is 0 Å². The van der Waals surface area contributed by atoms with E-state index in [1.165, 1.54) is 4.90 Å². The SMILES string of the molecule is Cc1cccc(C)c1NCC(=O)N1CCC(O)(C(F)(F)F)CC1. The maximum Gasteiger partial charge on any atom is 0.417 e. The minimum Gasteiger partial charge on any atom is -0.380 e. The molecule has 2 N–H and O–H groups in total. The van der Waals surface area contributed by atoms with E-state index in [0.717, 1.165) is 16.8 Å². The molecule has 0 saturated carbocycles. The summed E-state index contributed by atoms with van der Waals surface area (Å²) in [5, 5.41) is 12.7. The number of rotatable bonds is 3. The average Bonchev–Trinajstić information content (AvgIpc) is 2.46. The van der Waals surface area contributed by atoms with Crippen molar-refractivity contribution in [3.63, 3.8) is 0 Å². The molecule has 7 heteroatoms. The van der Waals surface area contributed by atoms with Gasteiger partial charge in [-0.05, 0) is 25.0 Å². The first-order chi connectivity index (χ1) is 10.6. The van der Waals surface area contributed by atoms with Gasteiger partial charge in [0.2, 0.25) is 5.91 Å². The minimum atomic E-state index is -4.65. The number of nitrogens with zero attached hydrogens (tertiary/aromatic N) is 1. The van der Waals surface area contributed by atoms with Crippen LogP contribution in [0.4, 0.5) is 18.9 Å². The van der Waals surface area contributed by atoms with Crippen molar-refractivity contribution in [3.05, 3.63) is 29.3 Å². The fourth-order valence-corrected chi connectivity index (χ4v) is 2.78. The molecule has 1 fully saturated rings. The Balaban J connectivity index is 1.91. The normalized spacial score (nSPS) is 17.9. The molecule has 0 radical (unpaired) electrons. The van der Waals surface area contributed by atoms with Gasteiger partial charge in [-0.2, -0.15) is 13.2 Å². The fourth-order valence-electron chi connectivity index (χ4n) is 2.78. The number of alkyl halides is 3. The molecule has 0 unspecified atom stereocenters. The largest absolute Gasteiger partial charge is 0.417 e. The molecule has 0 aliphatic carbocycles. The number of nitrogens with one attached hydrogen (secondary N) is 1. The van der Waals surface area contributed by atoms with Crippen molar-refractivity contribution < 1.29 is 23.1 Å². The summed E-state index contributed by atoms with van der Waals surface area (Å²) in [5.74, 6) is -0.267. The van der Waals surface area contributed by atoms with Gasteiger partial charge < -0.3 is 15.3 Å². The van der Waals surface area contributed by atoms with Crippen LogP contribution in [-0.2, 0) is 4.79 Å². The molecule has 2 rings (SSSR count). The van der Waals surface area contributed by atoms with Gasteiger partial charge in [0.25, 0.3) is 0 Å². The second-order valence-corrected chi connectivity index (χ2v) is 6.03. The molecule has 1 saturated heterocycles. The van der Waals surface area contributed by atoms with E-state index < -0.39 is 24.6 Å². The molecule has 1 heterocycles. The number of likely N-dealkylation sites (tertiary alicyclic amines) is 1. The maximum atomic E-state index is 12.7. The zero-order valence-corrected chi connectivity index (χ0v) is 13.2. The highest BCUT2D eigenvalue weighted by molar-refractivity contribution is 5.81. The van der Waals surface area contributed by atoms with E-state index in [4.69, 9.17) is 0 Å². The molecule has 0 aromatic heterocycles. The standard InChI is InChI=1S/C16H21F3N2O2/c1-11-4-3-5-12(2)14(11)20-10-13(22)21-8-6-15(23,7-9-21)16(17,18)19/h3-5,20,23H,6-10H2,1-2H3. The van der Waals surface area contributed by atoms with Crippen molar-refractivity contribution >= 4 is 11.6 Å². The van der Waals surface area contributed by atoms with Crippen LogP contribution < -0.4 is 5.32 Å². The number of hydrogen-bond donors (Lipinski definition) is 2. The predicted octanol–water partition coefficient (Wildman–Crippen LogP) is 2.63. The smallest absolute Gasteiger partial charge is 0.380 e. The molecule has 128 valence electrons. The van der Waals surface area contributed by atoms with Gasteiger partial charge >= 0.3 is 6.18 Å². The zero-order chi connectivity index (χ0) is 17.3. The molecular formula is C16H21F3N2O2. The van der Waals surface area contributed by atoms with Crippen LogP contribution in [0.25, 0.3) is 0 Å². The lowest BCUT2D eigenvalue weighted by Gasteiger charge is -2.39. The van der Waals surface area contributed by atoms with Crippen LogP contribution in [0, 0.1) is 13.8 Å². The summed E-state index contributed by atoms with van der Waals surface area (Å²) in [5.41, 5.74) is 0.194. The van der Waals surface area contributed by atoms with Gasteiger partial charge in [-0.3, -0.25) is 4.79 Å². The Kier molecular flexibility index (Phi) is 4.89. The van der Waals surface area contributed by atoms with Crippen molar-refractivity contribution in [3.8, 4) is 0 Å². The Morgan fingerprint density at radius 1 is 1.26 bits per heavy atom.